The van der Waals surface area contributed by atoms with Crippen LogP contribution in [0.3, 0.4) is 0 Å². The maximum Gasteiger partial charge on any atom is 0.200 e. The molecule has 1 aliphatic rings. The van der Waals surface area contributed by atoms with Crippen LogP contribution in [0, 0.1) is 0 Å². The first-order chi connectivity index (χ1) is 16.0. The van der Waals surface area contributed by atoms with Gasteiger partial charge >= 0.3 is 0 Å². The van der Waals surface area contributed by atoms with Gasteiger partial charge in [0.25, 0.3) is 0 Å². The summed E-state index contributed by atoms with van der Waals surface area (Å²) >= 11 is 0. The summed E-state index contributed by atoms with van der Waals surface area (Å²) in [7, 11) is 0. The van der Waals surface area contributed by atoms with Crippen LogP contribution in [0.25, 0.3) is 22.2 Å². The summed E-state index contributed by atoms with van der Waals surface area (Å²) in [6.07, 6.45) is 0. The molecule has 0 aliphatic heterocycles. The molecule has 8 N–H and O–H groups in total. The number of carbonyl (C=O) groups is 1. The van der Waals surface area contributed by atoms with E-state index in [0.717, 1.165) is 6.07 Å². The van der Waals surface area contributed by atoms with Crippen LogP contribution in [-0.4, -0.2) is 87.0 Å². The van der Waals surface area contributed by atoms with E-state index in [2.05, 4.69) is 21.0 Å². The van der Waals surface area contributed by atoms with Gasteiger partial charge in [0.05, 0.1) is 42.0 Å². The number of benzene rings is 2. The van der Waals surface area contributed by atoms with Gasteiger partial charge in [-0.15, -0.1) is 0 Å². The van der Waals surface area contributed by atoms with Crippen molar-refractivity contribution < 1.29 is 30.3 Å². The molecule has 0 amide bonds. The first-order valence-corrected chi connectivity index (χ1v) is 10.7. The number of rotatable bonds is 11. The fraction of sp³-hybridized carbons (Fsp3) is 0.364. The smallest absolute Gasteiger partial charge is 0.200 e. The SMILES string of the molecule is O=C1c2c(O)c(O)cc(O)c2-c2nn(CCNCCO)c3ccc(NCCNCCO)c1c23. The molecule has 1 aliphatic carbocycles. The van der Waals surface area contributed by atoms with Gasteiger partial charge in [-0.25, -0.2) is 0 Å². The van der Waals surface area contributed by atoms with E-state index >= 15 is 0 Å². The number of hydrogen-bond acceptors (Lipinski definition) is 10. The maximum absolute atomic E-state index is 13.5. The van der Waals surface area contributed by atoms with E-state index in [9.17, 15) is 20.1 Å². The van der Waals surface area contributed by atoms with Gasteiger partial charge in [0.15, 0.2) is 11.5 Å². The Labute approximate surface area is 189 Å². The van der Waals surface area contributed by atoms with E-state index < -0.39 is 17.3 Å². The number of aromatic hydroxyl groups is 3. The zero-order valence-corrected chi connectivity index (χ0v) is 17.9. The highest BCUT2D eigenvalue weighted by Crippen LogP contribution is 2.50. The van der Waals surface area contributed by atoms with Crippen LogP contribution in [0.4, 0.5) is 5.69 Å². The molecule has 0 fully saturated rings. The second-order valence-corrected chi connectivity index (χ2v) is 7.67. The van der Waals surface area contributed by atoms with Crippen LogP contribution >= 0.6 is 0 Å². The zero-order valence-electron chi connectivity index (χ0n) is 17.9. The summed E-state index contributed by atoms with van der Waals surface area (Å²) in [6.45, 7) is 2.92. The van der Waals surface area contributed by atoms with Crippen molar-refractivity contribution in [3.63, 3.8) is 0 Å². The largest absolute Gasteiger partial charge is 0.507 e. The lowest BCUT2D eigenvalue weighted by Crippen LogP contribution is -2.25. The lowest BCUT2D eigenvalue weighted by molar-refractivity contribution is 0.103. The van der Waals surface area contributed by atoms with E-state index in [0.29, 0.717) is 67.1 Å². The minimum absolute atomic E-state index is 0.00988. The standard InChI is InChI=1S/C22H27N5O6/c28-9-6-23-3-4-25-12-1-2-13-17-16(12)22(33)19-18(14(30)11-15(31)21(19)32)20(17)26-27(13)8-5-24-7-10-29/h1-2,11,23-25,28-32H,3-10H2. The van der Waals surface area contributed by atoms with E-state index in [1.54, 1.807) is 10.7 Å². The van der Waals surface area contributed by atoms with Crippen LogP contribution in [0.15, 0.2) is 18.2 Å². The number of phenolic OH excluding ortho intramolecular Hbond substituents is 3. The molecule has 0 bridgehead atoms. The van der Waals surface area contributed by atoms with Crippen molar-refractivity contribution in [2.45, 2.75) is 6.54 Å². The fourth-order valence-electron chi connectivity index (χ4n) is 4.11. The van der Waals surface area contributed by atoms with Gasteiger partial charge in [-0.3, -0.25) is 9.48 Å². The van der Waals surface area contributed by atoms with Gasteiger partial charge in [0.1, 0.15) is 11.4 Å². The van der Waals surface area contributed by atoms with Crippen molar-refractivity contribution in [2.24, 2.45) is 0 Å². The van der Waals surface area contributed by atoms with E-state index in [4.69, 9.17) is 10.2 Å². The number of nitrogens with one attached hydrogen (secondary N) is 3. The number of hydrogen-bond donors (Lipinski definition) is 8. The van der Waals surface area contributed by atoms with E-state index in [-0.39, 0.29) is 30.1 Å². The lowest BCUT2D eigenvalue weighted by atomic mass is 9.85. The average Bonchev–Trinajstić information content (AvgIpc) is 3.16. The molecule has 33 heavy (non-hydrogen) atoms. The van der Waals surface area contributed by atoms with Crippen molar-refractivity contribution in [1.29, 1.82) is 0 Å². The summed E-state index contributed by atoms with van der Waals surface area (Å²) in [6, 6.07) is 4.59. The number of aliphatic hydroxyl groups is 2. The predicted molar refractivity (Wildman–Crippen MR) is 122 cm³/mol. The molecule has 0 spiro atoms. The summed E-state index contributed by atoms with van der Waals surface area (Å²) in [5.74, 6) is -2.08. The number of carbonyl (C=O) groups excluding carboxylic acids is 1. The van der Waals surface area contributed by atoms with E-state index in [1.807, 2.05) is 6.07 Å². The van der Waals surface area contributed by atoms with Crippen molar-refractivity contribution in [3.8, 4) is 28.5 Å². The van der Waals surface area contributed by atoms with Gasteiger partial charge < -0.3 is 41.5 Å². The molecule has 0 saturated heterocycles. The third-order valence-electron chi connectivity index (χ3n) is 5.56. The Balaban J connectivity index is 1.83. The molecular formula is C22H27N5O6. The van der Waals surface area contributed by atoms with E-state index in [1.165, 1.54) is 0 Å². The van der Waals surface area contributed by atoms with Gasteiger partial charge in [0, 0.05) is 49.9 Å². The Bertz CT molecular complexity index is 1190. The van der Waals surface area contributed by atoms with Gasteiger partial charge in [-0.2, -0.15) is 5.10 Å². The Morgan fingerprint density at radius 3 is 2.30 bits per heavy atom. The quantitative estimate of drug-likeness (QED) is 0.0866. The highest BCUT2D eigenvalue weighted by Gasteiger charge is 2.36. The molecule has 0 radical (unpaired) electrons. The second kappa shape index (κ2) is 9.63. The number of aliphatic hydroxyl groups excluding tert-OH is 2. The first kappa shape index (κ1) is 22.8. The molecule has 1 aromatic heterocycles. The minimum atomic E-state index is -0.606. The molecule has 0 saturated carbocycles. The number of aromatic nitrogens is 2. The summed E-state index contributed by atoms with van der Waals surface area (Å²) in [4.78, 5) is 13.5. The Morgan fingerprint density at radius 2 is 1.58 bits per heavy atom. The predicted octanol–water partition coefficient (Wildman–Crippen LogP) is -0.0598. The topological polar surface area (TPSA) is 172 Å². The Morgan fingerprint density at radius 1 is 0.848 bits per heavy atom. The number of phenols is 3. The van der Waals surface area contributed by atoms with Gasteiger partial charge in [0.2, 0.25) is 5.78 Å². The molecule has 3 aromatic rings. The average molecular weight is 457 g/mol. The van der Waals surface area contributed by atoms with Crippen LogP contribution in [-0.2, 0) is 6.54 Å². The van der Waals surface area contributed by atoms with Crippen molar-refractivity contribution >= 4 is 22.4 Å². The maximum atomic E-state index is 13.5. The van der Waals surface area contributed by atoms with Crippen molar-refractivity contribution in [1.82, 2.24) is 20.4 Å². The molecule has 2 aromatic carbocycles. The van der Waals surface area contributed by atoms with Crippen molar-refractivity contribution in [3.05, 3.63) is 29.3 Å². The number of ketones is 1. The zero-order chi connectivity index (χ0) is 23.5. The van der Waals surface area contributed by atoms with Gasteiger partial charge in [-0.05, 0) is 12.1 Å². The number of anilines is 1. The Kier molecular flexibility index (Phi) is 6.65. The summed E-state index contributed by atoms with van der Waals surface area (Å²) in [5.41, 5.74) is 1.74. The summed E-state index contributed by atoms with van der Waals surface area (Å²) < 4.78 is 1.71. The monoisotopic (exact) mass is 457 g/mol. The fourth-order valence-corrected chi connectivity index (χ4v) is 4.11. The molecule has 11 nitrogen and oxygen atoms in total. The Hall–Kier alpha value is -3.38. The molecule has 0 atom stereocenters. The highest BCUT2D eigenvalue weighted by atomic mass is 16.3. The number of nitrogens with zero attached hydrogens (tertiary/aromatic N) is 2. The molecule has 176 valence electrons. The minimum Gasteiger partial charge on any atom is -0.507 e. The molecule has 11 heteroatoms. The molecule has 1 heterocycles. The van der Waals surface area contributed by atoms with Gasteiger partial charge in [-0.1, -0.05) is 0 Å². The lowest BCUT2D eigenvalue weighted by Gasteiger charge is -2.20. The molecular weight excluding hydrogens is 430 g/mol. The number of fused-ring (bicyclic) bond motifs is 2. The van der Waals surface area contributed by atoms with Crippen LogP contribution in [0.2, 0.25) is 0 Å². The molecule has 4 rings (SSSR count). The third-order valence-corrected chi connectivity index (χ3v) is 5.56. The summed E-state index contributed by atoms with van der Waals surface area (Å²) in [5, 5.41) is 63.4. The van der Waals surface area contributed by atoms with Crippen LogP contribution in [0.5, 0.6) is 17.2 Å². The van der Waals surface area contributed by atoms with Crippen LogP contribution in [0.1, 0.15) is 15.9 Å². The van der Waals surface area contributed by atoms with Crippen molar-refractivity contribution in [2.75, 3.05) is 51.3 Å². The molecule has 0 unspecified atom stereocenters. The van der Waals surface area contributed by atoms with Crippen LogP contribution < -0.4 is 16.0 Å². The highest BCUT2D eigenvalue weighted by molar-refractivity contribution is 6.29. The normalized spacial score (nSPS) is 12.4. The second-order valence-electron chi connectivity index (χ2n) is 7.67. The first-order valence-electron chi connectivity index (χ1n) is 10.7. The third kappa shape index (κ3) is 4.07.